The van der Waals surface area contributed by atoms with Gasteiger partial charge in [0.25, 0.3) is 0 Å². The molecular formula is C8H15ClN2. The summed E-state index contributed by atoms with van der Waals surface area (Å²) in [5.74, 6) is 2.51. The molecule has 2 aliphatic rings. The monoisotopic (exact) mass is 174 g/mol. The van der Waals surface area contributed by atoms with E-state index in [2.05, 4.69) is 0 Å². The Hall–Kier alpha value is -0.240. The van der Waals surface area contributed by atoms with Gasteiger partial charge >= 0.3 is 0 Å². The van der Waals surface area contributed by atoms with Crippen LogP contribution >= 0.6 is 12.4 Å². The molecule has 0 aliphatic heterocycles. The summed E-state index contributed by atoms with van der Waals surface area (Å²) in [7, 11) is 0. The summed E-state index contributed by atoms with van der Waals surface area (Å²) < 4.78 is 0. The third-order valence-corrected chi connectivity index (χ3v) is 2.62. The number of hydrogen-bond acceptors (Lipinski definition) is 1. The molecule has 0 aromatic rings. The molecule has 0 unspecified atom stereocenters. The fraction of sp³-hybridized carbons (Fsp3) is 0.875. The molecule has 3 heteroatoms. The Kier molecular flexibility index (Phi) is 2.43. The van der Waals surface area contributed by atoms with Crippen LogP contribution in [0, 0.1) is 23.2 Å². The summed E-state index contributed by atoms with van der Waals surface area (Å²) in [5, 5.41) is 7.37. The molecule has 3 N–H and O–H groups in total. The topological polar surface area (TPSA) is 49.9 Å². The third-order valence-electron chi connectivity index (χ3n) is 2.62. The van der Waals surface area contributed by atoms with Gasteiger partial charge in [-0.1, -0.05) is 0 Å². The Morgan fingerprint density at radius 1 is 1.18 bits per heavy atom. The molecule has 0 aromatic carbocycles. The van der Waals surface area contributed by atoms with E-state index < -0.39 is 0 Å². The number of nitrogens with two attached hydrogens (primary N) is 1. The maximum absolute atomic E-state index is 7.37. The number of hydrogen-bond donors (Lipinski definition) is 2. The van der Waals surface area contributed by atoms with Gasteiger partial charge in [-0.25, -0.2) is 0 Å². The van der Waals surface area contributed by atoms with Crippen LogP contribution < -0.4 is 5.73 Å². The summed E-state index contributed by atoms with van der Waals surface area (Å²) in [6, 6.07) is 0. The molecule has 0 bridgehead atoms. The summed E-state index contributed by atoms with van der Waals surface area (Å²) in [4.78, 5) is 0. The zero-order chi connectivity index (χ0) is 7.14. The van der Waals surface area contributed by atoms with E-state index in [1.54, 1.807) is 0 Å². The molecule has 2 fully saturated rings. The fourth-order valence-electron chi connectivity index (χ4n) is 1.80. The highest BCUT2D eigenvalue weighted by Gasteiger charge is 2.42. The highest BCUT2D eigenvalue weighted by molar-refractivity contribution is 5.85. The number of halogens is 1. The van der Waals surface area contributed by atoms with Crippen molar-refractivity contribution in [3.8, 4) is 0 Å². The van der Waals surface area contributed by atoms with E-state index in [0.29, 0.717) is 11.8 Å². The van der Waals surface area contributed by atoms with Gasteiger partial charge < -0.3 is 5.73 Å². The smallest absolute Gasteiger partial charge is 0.0942 e. The standard InChI is InChI=1S/C8H14N2.ClH/c9-8(10)7(5-1-2-5)6-3-4-6;/h5-7H,1-4H2,(H3,9,10);1H. The van der Waals surface area contributed by atoms with E-state index in [4.69, 9.17) is 11.1 Å². The van der Waals surface area contributed by atoms with Crippen molar-refractivity contribution < 1.29 is 0 Å². The molecule has 0 radical (unpaired) electrons. The molecule has 2 saturated carbocycles. The van der Waals surface area contributed by atoms with Crippen LogP contribution in [0.5, 0.6) is 0 Å². The van der Waals surface area contributed by atoms with Gasteiger partial charge in [-0.05, 0) is 37.5 Å². The van der Waals surface area contributed by atoms with Gasteiger partial charge in [-0.2, -0.15) is 0 Å². The van der Waals surface area contributed by atoms with Gasteiger partial charge in [0.2, 0.25) is 0 Å². The molecule has 2 nitrogen and oxygen atoms in total. The van der Waals surface area contributed by atoms with E-state index >= 15 is 0 Å². The van der Waals surface area contributed by atoms with Crippen LogP contribution in [0.2, 0.25) is 0 Å². The van der Waals surface area contributed by atoms with E-state index in [9.17, 15) is 0 Å². The molecular weight excluding hydrogens is 160 g/mol. The molecule has 0 saturated heterocycles. The van der Waals surface area contributed by atoms with Crippen LogP contribution in [-0.2, 0) is 0 Å². The number of rotatable bonds is 3. The Labute approximate surface area is 73.5 Å². The van der Waals surface area contributed by atoms with Crippen molar-refractivity contribution in [1.29, 1.82) is 5.41 Å². The van der Waals surface area contributed by atoms with Gasteiger partial charge in [-0.3, -0.25) is 5.41 Å². The maximum Gasteiger partial charge on any atom is 0.0942 e. The van der Waals surface area contributed by atoms with Gasteiger partial charge in [0.1, 0.15) is 0 Å². The second-order valence-electron chi connectivity index (χ2n) is 3.66. The van der Waals surface area contributed by atoms with E-state index in [1.165, 1.54) is 25.7 Å². The SMILES string of the molecule is Cl.N=C(N)C(C1CC1)C1CC1. The second-order valence-corrected chi connectivity index (χ2v) is 3.66. The van der Waals surface area contributed by atoms with Crippen LogP contribution in [-0.4, -0.2) is 5.84 Å². The summed E-state index contributed by atoms with van der Waals surface area (Å²) in [5.41, 5.74) is 5.50. The average molecular weight is 175 g/mol. The van der Waals surface area contributed by atoms with Gasteiger partial charge in [0.05, 0.1) is 5.84 Å². The minimum absolute atomic E-state index is 0. The molecule has 0 aromatic heterocycles. The largest absolute Gasteiger partial charge is 0.387 e. The Bertz CT molecular complexity index is 149. The van der Waals surface area contributed by atoms with Crippen molar-refractivity contribution in [3.05, 3.63) is 0 Å². The molecule has 2 rings (SSSR count). The number of nitrogens with one attached hydrogen (secondary N) is 1. The lowest BCUT2D eigenvalue weighted by Gasteiger charge is -2.11. The molecule has 64 valence electrons. The van der Waals surface area contributed by atoms with Crippen LogP contribution in [0.3, 0.4) is 0 Å². The number of amidine groups is 1. The van der Waals surface area contributed by atoms with Crippen LogP contribution in [0.15, 0.2) is 0 Å². The average Bonchev–Trinajstić information content (AvgIpc) is 2.49. The predicted molar refractivity (Wildman–Crippen MR) is 48.1 cm³/mol. The molecule has 11 heavy (non-hydrogen) atoms. The van der Waals surface area contributed by atoms with Crippen molar-refractivity contribution in [2.75, 3.05) is 0 Å². The molecule has 0 heterocycles. The first-order valence-corrected chi connectivity index (χ1v) is 4.13. The summed E-state index contributed by atoms with van der Waals surface area (Å²) >= 11 is 0. The first-order valence-electron chi connectivity index (χ1n) is 4.13. The highest BCUT2D eigenvalue weighted by atomic mass is 35.5. The minimum atomic E-state index is 0. The van der Waals surface area contributed by atoms with Crippen molar-refractivity contribution in [2.45, 2.75) is 25.7 Å². The van der Waals surface area contributed by atoms with Gasteiger partial charge in [-0.15, -0.1) is 12.4 Å². The zero-order valence-electron chi connectivity index (χ0n) is 6.55. The second kappa shape index (κ2) is 3.02. The first-order chi connectivity index (χ1) is 4.79. The van der Waals surface area contributed by atoms with Gasteiger partial charge in [0.15, 0.2) is 0 Å². The molecule has 0 amide bonds. The van der Waals surface area contributed by atoms with Crippen LogP contribution in [0.4, 0.5) is 0 Å². The van der Waals surface area contributed by atoms with Crippen LogP contribution in [0.25, 0.3) is 0 Å². The highest BCUT2D eigenvalue weighted by Crippen LogP contribution is 2.48. The lowest BCUT2D eigenvalue weighted by molar-refractivity contribution is 0.528. The van der Waals surface area contributed by atoms with Crippen molar-refractivity contribution >= 4 is 18.2 Å². The van der Waals surface area contributed by atoms with E-state index in [1.807, 2.05) is 0 Å². The zero-order valence-corrected chi connectivity index (χ0v) is 7.36. The normalized spacial score (nSPS) is 23.0. The third kappa shape index (κ3) is 1.86. The summed E-state index contributed by atoms with van der Waals surface area (Å²) in [6.07, 6.45) is 5.28. The van der Waals surface area contributed by atoms with E-state index in [0.717, 1.165) is 11.8 Å². The van der Waals surface area contributed by atoms with Crippen molar-refractivity contribution in [3.63, 3.8) is 0 Å². The first kappa shape index (κ1) is 8.85. The van der Waals surface area contributed by atoms with Gasteiger partial charge in [0, 0.05) is 5.92 Å². The van der Waals surface area contributed by atoms with E-state index in [-0.39, 0.29) is 12.4 Å². The summed E-state index contributed by atoms with van der Waals surface area (Å²) in [6.45, 7) is 0. The minimum Gasteiger partial charge on any atom is -0.387 e. The predicted octanol–water partition coefficient (Wildman–Crippen LogP) is 1.78. The Morgan fingerprint density at radius 3 is 1.73 bits per heavy atom. The fourth-order valence-corrected chi connectivity index (χ4v) is 1.80. The van der Waals surface area contributed by atoms with Crippen LogP contribution in [0.1, 0.15) is 25.7 Å². The maximum atomic E-state index is 7.37. The van der Waals surface area contributed by atoms with Crippen molar-refractivity contribution in [1.82, 2.24) is 0 Å². The lowest BCUT2D eigenvalue weighted by atomic mass is 9.97. The molecule has 0 spiro atoms. The Morgan fingerprint density at radius 2 is 1.55 bits per heavy atom. The molecule has 2 aliphatic carbocycles. The lowest BCUT2D eigenvalue weighted by Crippen LogP contribution is -2.25. The van der Waals surface area contributed by atoms with Crippen molar-refractivity contribution in [2.24, 2.45) is 23.5 Å². The molecule has 0 atom stereocenters. The quantitative estimate of drug-likeness (QED) is 0.498. The Balaban J connectivity index is 0.000000605.